The number of rotatable bonds is 5. The Morgan fingerprint density at radius 3 is 2.71 bits per heavy atom. The van der Waals surface area contributed by atoms with Crippen LogP contribution in [-0.4, -0.2) is 45.7 Å². The van der Waals surface area contributed by atoms with Gasteiger partial charge in [-0.2, -0.15) is 0 Å². The molecule has 0 aliphatic carbocycles. The summed E-state index contributed by atoms with van der Waals surface area (Å²) in [5, 5.41) is 9.17. The molecule has 0 amide bonds. The van der Waals surface area contributed by atoms with Crippen LogP contribution in [-0.2, 0) is 6.54 Å². The summed E-state index contributed by atoms with van der Waals surface area (Å²) >= 11 is 0. The fraction of sp³-hybridized carbons (Fsp3) is 0.357. The molecule has 1 aromatic carbocycles. The summed E-state index contributed by atoms with van der Waals surface area (Å²) in [5.41, 5.74) is -0.912. The summed E-state index contributed by atoms with van der Waals surface area (Å²) in [6.07, 6.45) is 0. The first-order valence-corrected chi connectivity index (χ1v) is 6.63. The highest BCUT2D eigenvalue weighted by molar-refractivity contribution is 6.00. The smallest absolute Gasteiger partial charge is 0.337 e. The number of likely N-dealkylation sites (N-methyl/N-ethyl adjacent to an activating group) is 1. The van der Waals surface area contributed by atoms with E-state index >= 15 is 0 Å². The third kappa shape index (κ3) is 2.87. The van der Waals surface area contributed by atoms with Crippen LogP contribution >= 0.6 is 0 Å². The Bertz CT molecular complexity index is 791. The lowest BCUT2D eigenvalue weighted by Gasteiger charge is -2.16. The lowest BCUT2D eigenvalue weighted by Crippen LogP contribution is -2.38. The van der Waals surface area contributed by atoms with Crippen molar-refractivity contribution in [2.75, 3.05) is 20.1 Å². The summed E-state index contributed by atoms with van der Waals surface area (Å²) in [6, 6.07) is 4.59. The molecule has 0 saturated heterocycles. The van der Waals surface area contributed by atoms with Crippen LogP contribution in [0.4, 0.5) is 0 Å². The maximum absolute atomic E-state index is 12.0. The van der Waals surface area contributed by atoms with Crippen LogP contribution in [0.2, 0.25) is 0 Å². The van der Waals surface area contributed by atoms with Gasteiger partial charge in [-0.25, -0.2) is 4.79 Å². The molecule has 2 aromatic rings. The number of nitrogens with zero attached hydrogens (tertiary/aromatic N) is 2. The van der Waals surface area contributed by atoms with E-state index in [1.54, 1.807) is 12.1 Å². The predicted octanol–water partition coefficient (Wildman–Crippen LogP) is 0.340. The van der Waals surface area contributed by atoms with Gasteiger partial charge in [-0.15, -0.1) is 0 Å². The average Bonchev–Trinajstić information content (AvgIpc) is 2.46. The number of aromatic carboxylic acids is 1. The fourth-order valence-corrected chi connectivity index (χ4v) is 2.12. The number of nitrogens with one attached hydrogen (secondary N) is 1. The minimum atomic E-state index is -1.15. The van der Waals surface area contributed by atoms with Crippen molar-refractivity contribution in [3.8, 4) is 0 Å². The highest BCUT2D eigenvalue weighted by atomic mass is 16.4. The summed E-state index contributed by atoms with van der Waals surface area (Å²) in [5.74, 6) is -1.15. The fourth-order valence-electron chi connectivity index (χ4n) is 2.12. The first-order valence-electron chi connectivity index (χ1n) is 6.63. The normalized spacial score (nSPS) is 11.2. The quantitative estimate of drug-likeness (QED) is 0.775. The van der Waals surface area contributed by atoms with Crippen LogP contribution in [0.25, 0.3) is 11.0 Å². The number of hydrogen-bond donors (Lipinski definition) is 2. The van der Waals surface area contributed by atoms with Gasteiger partial charge in [0.15, 0.2) is 0 Å². The van der Waals surface area contributed by atoms with Gasteiger partial charge in [0.05, 0.1) is 16.6 Å². The van der Waals surface area contributed by atoms with Crippen LogP contribution in [0.1, 0.15) is 17.3 Å². The minimum Gasteiger partial charge on any atom is -0.478 e. The molecule has 7 heteroatoms. The molecule has 0 radical (unpaired) electrons. The monoisotopic (exact) mass is 291 g/mol. The summed E-state index contributed by atoms with van der Waals surface area (Å²) in [7, 11) is 1.91. The molecular formula is C14H17N3O4. The first-order chi connectivity index (χ1) is 9.95. The van der Waals surface area contributed by atoms with Crippen molar-refractivity contribution in [3.63, 3.8) is 0 Å². The zero-order valence-corrected chi connectivity index (χ0v) is 11.9. The van der Waals surface area contributed by atoms with E-state index in [1.807, 2.05) is 18.9 Å². The maximum atomic E-state index is 12.0. The third-order valence-electron chi connectivity index (χ3n) is 3.49. The molecule has 0 unspecified atom stereocenters. The molecule has 1 aromatic heterocycles. The molecule has 0 aliphatic heterocycles. The number of para-hydroxylation sites is 1. The second-order valence-corrected chi connectivity index (χ2v) is 4.81. The minimum absolute atomic E-state index is 0.0257. The van der Waals surface area contributed by atoms with E-state index in [4.69, 9.17) is 0 Å². The Morgan fingerprint density at radius 2 is 2.10 bits per heavy atom. The topological polar surface area (TPSA) is 95.4 Å². The number of aromatic amines is 1. The van der Waals surface area contributed by atoms with Crippen molar-refractivity contribution in [1.82, 2.24) is 14.5 Å². The average molecular weight is 291 g/mol. The Hall–Kier alpha value is -2.41. The van der Waals surface area contributed by atoms with E-state index < -0.39 is 17.1 Å². The molecule has 0 aliphatic rings. The maximum Gasteiger partial charge on any atom is 0.337 e. The van der Waals surface area contributed by atoms with Gasteiger partial charge in [-0.05, 0) is 25.7 Å². The summed E-state index contributed by atoms with van der Waals surface area (Å²) in [6.45, 7) is 3.72. The van der Waals surface area contributed by atoms with Crippen molar-refractivity contribution in [2.24, 2.45) is 0 Å². The van der Waals surface area contributed by atoms with Gasteiger partial charge in [0.1, 0.15) is 0 Å². The molecule has 0 fully saturated rings. The molecule has 0 bridgehead atoms. The molecule has 1 heterocycles. The van der Waals surface area contributed by atoms with Gasteiger partial charge in [0, 0.05) is 13.1 Å². The standard InChI is InChI=1S/C14H17N3O4/c1-3-16(2)7-8-17-10-6-4-5-9(14(20)21)11(10)15-12(18)13(17)19/h4-6H,3,7-8H2,1-2H3,(H,15,18)(H,20,21). The van der Waals surface area contributed by atoms with Crippen LogP contribution in [0.3, 0.4) is 0 Å². The van der Waals surface area contributed by atoms with Gasteiger partial charge >= 0.3 is 17.1 Å². The number of fused-ring (bicyclic) bond motifs is 1. The zero-order chi connectivity index (χ0) is 15.6. The Kier molecular flexibility index (Phi) is 4.23. The number of hydrogen-bond acceptors (Lipinski definition) is 4. The molecule has 2 N–H and O–H groups in total. The summed E-state index contributed by atoms with van der Waals surface area (Å²) in [4.78, 5) is 39.3. The summed E-state index contributed by atoms with van der Waals surface area (Å²) < 4.78 is 1.33. The van der Waals surface area contributed by atoms with Crippen molar-refractivity contribution in [2.45, 2.75) is 13.5 Å². The van der Waals surface area contributed by atoms with Gasteiger partial charge in [-0.1, -0.05) is 13.0 Å². The van der Waals surface area contributed by atoms with Gasteiger partial charge in [0.25, 0.3) is 0 Å². The molecular weight excluding hydrogens is 274 g/mol. The Balaban J connectivity index is 2.66. The second kappa shape index (κ2) is 5.92. The van der Waals surface area contributed by atoms with Crippen molar-refractivity contribution in [1.29, 1.82) is 0 Å². The van der Waals surface area contributed by atoms with Crippen molar-refractivity contribution >= 4 is 17.0 Å². The molecule has 0 atom stereocenters. The van der Waals surface area contributed by atoms with Gasteiger partial charge in [0.2, 0.25) is 0 Å². The Labute approximate surface area is 120 Å². The lowest BCUT2D eigenvalue weighted by atomic mass is 10.1. The lowest BCUT2D eigenvalue weighted by molar-refractivity contribution is 0.0699. The number of carboxylic acid groups (broad SMARTS) is 1. The van der Waals surface area contributed by atoms with E-state index in [2.05, 4.69) is 4.98 Å². The number of aromatic nitrogens is 2. The predicted molar refractivity (Wildman–Crippen MR) is 79.0 cm³/mol. The number of carbonyl (C=O) groups is 1. The van der Waals surface area contributed by atoms with Crippen molar-refractivity contribution < 1.29 is 9.90 Å². The third-order valence-corrected chi connectivity index (χ3v) is 3.49. The highest BCUT2D eigenvalue weighted by Crippen LogP contribution is 2.14. The van der Waals surface area contributed by atoms with Crippen LogP contribution in [0, 0.1) is 0 Å². The van der Waals surface area contributed by atoms with Gasteiger partial charge in [-0.3, -0.25) is 9.59 Å². The van der Waals surface area contributed by atoms with Gasteiger partial charge < -0.3 is 19.6 Å². The van der Waals surface area contributed by atoms with Crippen molar-refractivity contribution in [3.05, 3.63) is 44.5 Å². The number of benzene rings is 1. The molecule has 7 nitrogen and oxygen atoms in total. The second-order valence-electron chi connectivity index (χ2n) is 4.81. The molecule has 21 heavy (non-hydrogen) atoms. The van der Waals surface area contributed by atoms with Crippen LogP contribution < -0.4 is 11.1 Å². The van der Waals surface area contributed by atoms with Crippen LogP contribution in [0.5, 0.6) is 0 Å². The largest absolute Gasteiger partial charge is 0.478 e. The highest BCUT2D eigenvalue weighted by Gasteiger charge is 2.14. The zero-order valence-electron chi connectivity index (χ0n) is 11.9. The Morgan fingerprint density at radius 1 is 1.38 bits per heavy atom. The molecule has 2 rings (SSSR count). The number of H-pyrrole nitrogens is 1. The number of carboxylic acids is 1. The molecule has 112 valence electrons. The van der Waals surface area contributed by atoms with E-state index in [9.17, 15) is 19.5 Å². The van der Waals surface area contributed by atoms with E-state index in [1.165, 1.54) is 10.6 Å². The van der Waals surface area contributed by atoms with E-state index in [-0.39, 0.29) is 11.1 Å². The van der Waals surface area contributed by atoms with Crippen LogP contribution in [0.15, 0.2) is 27.8 Å². The SMILES string of the molecule is CCN(C)CCn1c(=O)c(=O)[nH]c2c(C(=O)O)cccc21. The van der Waals surface area contributed by atoms with E-state index in [0.29, 0.717) is 18.6 Å². The molecule has 0 saturated carbocycles. The molecule has 0 spiro atoms. The first kappa shape index (κ1) is 15.0. The van der Waals surface area contributed by atoms with E-state index in [0.717, 1.165) is 6.54 Å².